The van der Waals surface area contributed by atoms with E-state index in [1.165, 1.54) is 48.3 Å². The third-order valence-electron chi connectivity index (χ3n) is 6.33. The van der Waals surface area contributed by atoms with Crippen molar-refractivity contribution in [3.05, 3.63) is 71.0 Å². The first-order valence-corrected chi connectivity index (χ1v) is 12.5. The summed E-state index contributed by atoms with van der Waals surface area (Å²) in [5.74, 6) is -2.07. The molecule has 3 aromatic rings. The lowest BCUT2D eigenvalue weighted by atomic mass is 9.98. The van der Waals surface area contributed by atoms with Crippen molar-refractivity contribution in [2.45, 2.75) is 25.8 Å². The highest BCUT2D eigenvalue weighted by Gasteiger charge is 2.30. The van der Waals surface area contributed by atoms with Crippen molar-refractivity contribution in [2.24, 2.45) is 5.92 Å². The van der Waals surface area contributed by atoms with E-state index in [1.807, 2.05) is 0 Å². The molecule has 0 radical (unpaired) electrons. The third kappa shape index (κ3) is 7.26. The zero-order valence-corrected chi connectivity index (χ0v) is 21.7. The molecule has 1 aliphatic rings. The molecule has 202 valence electrons. The van der Waals surface area contributed by atoms with E-state index in [9.17, 15) is 19.2 Å². The van der Waals surface area contributed by atoms with Crippen molar-refractivity contribution in [1.29, 1.82) is 0 Å². The van der Waals surface area contributed by atoms with Gasteiger partial charge in [0.2, 0.25) is 17.7 Å². The maximum absolute atomic E-state index is 13.2. The average molecular weight is 552 g/mol. The number of aromatic carboxylic acids is 1. The third-order valence-corrected chi connectivity index (χ3v) is 6.57. The monoisotopic (exact) mass is 551 g/mol. The van der Waals surface area contributed by atoms with Crippen molar-refractivity contribution in [1.82, 2.24) is 30.4 Å². The minimum Gasteiger partial charge on any atom is -0.478 e. The number of anilines is 1. The minimum absolute atomic E-state index is 0.0164. The van der Waals surface area contributed by atoms with Crippen molar-refractivity contribution in [3.63, 3.8) is 0 Å². The number of aromatic nitrogens is 4. The van der Waals surface area contributed by atoms with Crippen LogP contribution >= 0.6 is 11.6 Å². The Morgan fingerprint density at radius 1 is 1.18 bits per heavy atom. The molecule has 0 bridgehead atoms. The van der Waals surface area contributed by atoms with E-state index >= 15 is 0 Å². The van der Waals surface area contributed by atoms with Crippen LogP contribution < -0.4 is 10.6 Å². The maximum atomic E-state index is 13.2. The molecule has 1 aromatic heterocycles. The molecule has 1 saturated heterocycles. The van der Waals surface area contributed by atoms with E-state index in [-0.39, 0.29) is 17.4 Å². The highest BCUT2D eigenvalue weighted by Crippen LogP contribution is 2.23. The van der Waals surface area contributed by atoms with Gasteiger partial charge in [0.05, 0.1) is 11.3 Å². The van der Waals surface area contributed by atoms with Crippen molar-refractivity contribution in [2.75, 3.05) is 18.4 Å². The number of nitrogens with zero attached hydrogens (tertiary/aromatic N) is 5. The molecule has 4 rings (SSSR count). The average Bonchev–Trinajstić information content (AvgIpc) is 3.60. The number of nitrogens with one attached hydrogen (secondary N) is 2. The summed E-state index contributed by atoms with van der Waals surface area (Å²) < 4.78 is 1.43. The number of carboxylic acid groups (broad SMARTS) is 1. The zero-order valence-electron chi connectivity index (χ0n) is 21.0. The molecule has 13 heteroatoms. The van der Waals surface area contributed by atoms with Gasteiger partial charge in [0.25, 0.3) is 0 Å². The molecule has 1 unspecified atom stereocenters. The number of carbonyl (C=O) groups excluding carboxylic acids is 3. The van der Waals surface area contributed by atoms with Gasteiger partial charge in [-0.25, -0.2) is 4.79 Å². The van der Waals surface area contributed by atoms with Gasteiger partial charge in [-0.1, -0.05) is 11.6 Å². The van der Waals surface area contributed by atoms with Gasteiger partial charge in [0.15, 0.2) is 0 Å². The highest BCUT2D eigenvalue weighted by molar-refractivity contribution is 6.30. The Hall–Kier alpha value is -4.58. The summed E-state index contributed by atoms with van der Waals surface area (Å²) in [6.45, 7) is 2.59. The first-order valence-electron chi connectivity index (χ1n) is 12.1. The first-order chi connectivity index (χ1) is 18.7. The van der Waals surface area contributed by atoms with Crippen LogP contribution in [0.15, 0.2) is 54.9 Å². The molecule has 2 aromatic carbocycles. The first kappa shape index (κ1) is 27.5. The highest BCUT2D eigenvalue weighted by atomic mass is 35.5. The van der Waals surface area contributed by atoms with Crippen LogP contribution in [0, 0.1) is 5.92 Å². The van der Waals surface area contributed by atoms with Gasteiger partial charge in [0, 0.05) is 42.4 Å². The summed E-state index contributed by atoms with van der Waals surface area (Å²) in [5, 5.41) is 26.2. The summed E-state index contributed by atoms with van der Waals surface area (Å²) in [6.07, 6.45) is 5.27. The lowest BCUT2D eigenvalue weighted by Gasteiger charge is -2.21. The molecular formula is C26H26ClN7O5. The summed E-state index contributed by atoms with van der Waals surface area (Å²) in [5.41, 5.74) is 1.65. The molecule has 0 aliphatic carbocycles. The predicted molar refractivity (Wildman–Crippen MR) is 142 cm³/mol. The second-order valence-corrected chi connectivity index (χ2v) is 9.52. The van der Waals surface area contributed by atoms with E-state index in [1.54, 1.807) is 29.2 Å². The van der Waals surface area contributed by atoms with Crippen LogP contribution in [0.3, 0.4) is 0 Å². The molecule has 2 heterocycles. The quantitative estimate of drug-likeness (QED) is 0.342. The Kier molecular flexibility index (Phi) is 8.67. The van der Waals surface area contributed by atoms with E-state index < -0.39 is 23.8 Å². The minimum atomic E-state index is -1.08. The largest absolute Gasteiger partial charge is 0.478 e. The van der Waals surface area contributed by atoms with Gasteiger partial charge in [-0.15, -0.1) is 5.10 Å². The number of carbonyl (C=O) groups is 4. The second-order valence-electron chi connectivity index (χ2n) is 9.08. The summed E-state index contributed by atoms with van der Waals surface area (Å²) in [7, 11) is 0. The fourth-order valence-corrected chi connectivity index (χ4v) is 4.51. The lowest BCUT2D eigenvalue weighted by molar-refractivity contribution is -0.128. The normalized spacial score (nSPS) is 15.7. The molecular weight excluding hydrogens is 526 g/mol. The smallest absolute Gasteiger partial charge is 0.335 e. The van der Waals surface area contributed by atoms with Crippen LogP contribution in [-0.2, 0) is 14.4 Å². The Bertz CT molecular complexity index is 1390. The van der Waals surface area contributed by atoms with Gasteiger partial charge >= 0.3 is 5.97 Å². The Balaban J connectivity index is 1.50. The van der Waals surface area contributed by atoms with Gasteiger partial charge in [-0.2, -0.15) is 4.68 Å². The fraction of sp³-hybridized carbons (Fsp3) is 0.269. The van der Waals surface area contributed by atoms with Crippen LogP contribution in [-0.4, -0.2) is 73.0 Å². The van der Waals surface area contributed by atoms with Crippen LogP contribution in [0.4, 0.5) is 5.69 Å². The standard InChI is InChI=1S/C26H26ClN7O5/c1-16(35)33-11-10-17(14-33)12-22(25(37)29-21-6-2-18(3-7-21)26(38)39)30-24(36)9-4-19-13-20(27)5-8-23(19)34-15-28-31-32-34/h2-9,13,15,17,22H,10-12,14H2,1H3,(H,29,37)(H,30,36)(H,38,39)/b9-4+/t17?,22-/m0/s1. The number of amides is 3. The van der Waals surface area contributed by atoms with Crippen LogP contribution in [0.2, 0.25) is 5.02 Å². The summed E-state index contributed by atoms with van der Waals surface area (Å²) in [4.78, 5) is 50.7. The van der Waals surface area contributed by atoms with E-state index in [0.29, 0.717) is 47.9 Å². The van der Waals surface area contributed by atoms with Crippen LogP contribution in [0.25, 0.3) is 11.8 Å². The van der Waals surface area contributed by atoms with Gasteiger partial charge in [-0.05, 0) is 77.7 Å². The molecule has 39 heavy (non-hydrogen) atoms. The topological polar surface area (TPSA) is 159 Å². The number of hydrogen-bond acceptors (Lipinski definition) is 7. The second kappa shape index (κ2) is 12.3. The number of rotatable bonds is 9. The SMILES string of the molecule is CC(=O)N1CCC(C[C@H](NC(=O)/C=C/c2cc(Cl)ccc2-n2cnnn2)C(=O)Nc2ccc(C(=O)O)cc2)C1. The van der Waals surface area contributed by atoms with E-state index in [0.717, 1.165) is 0 Å². The molecule has 3 amide bonds. The van der Waals surface area contributed by atoms with Gasteiger partial charge in [0.1, 0.15) is 12.4 Å². The summed E-state index contributed by atoms with van der Waals surface area (Å²) in [6, 6.07) is 9.85. The molecule has 1 aliphatic heterocycles. The number of tetrazole rings is 1. The molecule has 0 saturated carbocycles. The van der Waals surface area contributed by atoms with Crippen molar-refractivity contribution in [3.8, 4) is 5.69 Å². The van der Waals surface area contributed by atoms with Gasteiger partial charge < -0.3 is 20.6 Å². The molecule has 3 N–H and O–H groups in total. The fourth-order valence-electron chi connectivity index (χ4n) is 4.33. The van der Waals surface area contributed by atoms with Crippen LogP contribution in [0.1, 0.15) is 35.7 Å². The van der Waals surface area contributed by atoms with Crippen molar-refractivity contribution >= 4 is 47.1 Å². The Labute approximate surface area is 228 Å². The number of benzene rings is 2. The number of hydrogen-bond donors (Lipinski definition) is 3. The molecule has 12 nitrogen and oxygen atoms in total. The zero-order chi connectivity index (χ0) is 27.9. The molecule has 1 fully saturated rings. The van der Waals surface area contributed by atoms with E-state index in [4.69, 9.17) is 16.7 Å². The van der Waals surface area contributed by atoms with Gasteiger partial charge in [-0.3, -0.25) is 14.4 Å². The predicted octanol–water partition coefficient (Wildman–Crippen LogP) is 2.41. The number of halogens is 1. The van der Waals surface area contributed by atoms with E-state index in [2.05, 4.69) is 26.2 Å². The molecule has 2 atom stereocenters. The summed E-state index contributed by atoms with van der Waals surface area (Å²) >= 11 is 6.14. The lowest BCUT2D eigenvalue weighted by Crippen LogP contribution is -2.44. The Morgan fingerprint density at radius 2 is 1.95 bits per heavy atom. The Morgan fingerprint density at radius 3 is 2.59 bits per heavy atom. The number of likely N-dealkylation sites (tertiary alicyclic amines) is 1. The number of carboxylic acids is 1. The maximum Gasteiger partial charge on any atom is 0.335 e. The van der Waals surface area contributed by atoms with Crippen molar-refractivity contribution < 1.29 is 24.3 Å². The van der Waals surface area contributed by atoms with Crippen LogP contribution in [0.5, 0.6) is 0 Å². The molecule has 0 spiro atoms.